The lowest BCUT2D eigenvalue weighted by molar-refractivity contribution is -0.383. The number of nitrogen functional groups attached to an aromatic ring is 3. The number of aromatic amines is 3. The smallest absolute Gasteiger partial charge is 0.320 e. The van der Waals surface area contributed by atoms with Crippen molar-refractivity contribution in [3.8, 4) is 0 Å². The van der Waals surface area contributed by atoms with Crippen molar-refractivity contribution < 1.29 is 24.7 Å². The number of benzene rings is 3. The lowest BCUT2D eigenvalue weighted by Gasteiger charge is -2.07. The SMILES string of the molecule is Cc1[nH]c2c(N)ccc([N+](=O)[O-])c2c1CC(N)C(=O)O.Cc1[nH]c2c(N)cccc2c1CC(N)C(=O)O.Cc1cc2cccc(N)c2[nH]1. The molecule has 0 amide bonds. The van der Waals surface area contributed by atoms with Crippen LogP contribution in [-0.4, -0.2) is 54.1 Å². The summed E-state index contributed by atoms with van der Waals surface area (Å²) in [6.45, 7) is 5.62. The molecule has 3 aromatic heterocycles. The number of H-pyrrole nitrogens is 3. The summed E-state index contributed by atoms with van der Waals surface area (Å²) in [7, 11) is 0. The number of nitrogens with one attached hydrogen (secondary N) is 3. The van der Waals surface area contributed by atoms with E-state index in [1.165, 1.54) is 17.5 Å². The predicted octanol–water partition coefficient (Wildman–Crippen LogP) is 3.99. The molecule has 0 aliphatic rings. The fourth-order valence-corrected chi connectivity index (χ4v) is 5.53. The van der Waals surface area contributed by atoms with Crippen molar-refractivity contribution in [2.45, 2.75) is 45.7 Å². The molecule has 15 nitrogen and oxygen atoms in total. The van der Waals surface area contributed by atoms with Crippen LogP contribution in [0.3, 0.4) is 0 Å². The highest BCUT2D eigenvalue weighted by molar-refractivity contribution is 6.00. The van der Waals surface area contributed by atoms with E-state index < -0.39 is 28.9 Å². The van der Waals surface area contributed by atoms with Crippen LogP contribution in [-0.2, 0) is 22.4 Å². The maximum Gasteiger partial charge on any atom is 0.320 e. The highest BCUT2D eigenvalue weighted by Crippen LogP contribution is 2.35. The van der Waals surface area contributed by atoms with Crippen molar-refractivity contribution in [1.29, 1.82) is 0 Å². The Labute approximate surface area is 274 Å². The number of rotatable bonds is 7. The van der Waals surface area contributed by atoms with Gasteiger partial charge in [-0.05, 0) is 56.2 Å². The van der Waals surface area contributed by atoms with Gasteiger partial charge in [0.2, 0.25) is 0 Å². The van der Waals surface area contributed by atoms with Crippen LogP contribution < -0.4 is 28.7 Å². The van der Waals surface area contributed by atoms with Gasteiger partial charge in [-0.3, -0.25) is 19.7 Å². The molecule has 0 spiro atoms. The summed E-state index contributed by atoms with van der Waals surface area (Å²) in [5, 5.41) is 31.3. The van der Waals surface area contributed by atoms with E-state index in [4.69, 9.17) is 38.9 Å². The third-order valence-electron chi connectivity index (χ3n) is 7.97. The molecule has 6 aromatic rings. The van der Waals surface area contributed by atoms with Crippen LogP contribution in [0.25, 0.3) is 32.7 Å². The van der Waals surface area contributed by atoms with Crippen LogP contribution in [0.2, 0.25) is 0 Å². The molecule has 3 heterocycles. The van der Waals surface area contributed by atoms with E-state index in [1.54, 1.807) is 13.0 Å². The summed E-state index contributed by atoms with van der Waals surface area (Å²) in [6, 6.07) is 14.3. The number of nitro benzene ring substituents is 1. The van der Waals surface area contributed by atoms with Crippen molar-refractivity contribution in [2.75, 3.05) is 17.2 Å². The molecule has 0 saturated heterocycles. The summed E-state index contributed by atoms with van der Waals surface area (Å²) in [5.41, 5.74) is 36.6. The van der Waals surface area contributed by atoms with Crippen molar-refractivity contribution in [2.24, 2.45) is 11.5 Å². The second kappa shape index (κ2) is 14.1. The molecule has 2 atom stereocenters. The topological polar surface area (TPSA) is 295 Å². The van der Waals surface area contributed by atoms with E-state index in [9.17, 15) is 19.7 Å². The number of para-hydroxylation sites is 2. The fraction of sp³-hybridized carbons (Fsp3) is 0.212. The number of hydrogen-bond donors (Lipinski definition) is 10. The van der Waals surface area contributed by atoms with Crippen molar-refractivity contribution >= 4 is 67.4 Å². The second-order valence-corrected chi connectivity index (χ2v) is 11.5. The molecule has 0 radical (unpaired) electrons. The molecule has 0 aliphatic carbocycles. The summed E-state index contributed by atoms with van der Waals surface area (Å²) >= 11 is 0. The second-order valence-electron chi connectivity index (χ2n) is 11.5. The zero-order chi connectivity index (χ0) is 35.4. The maximum absolute atomic E-state index is 11.1. The molecule has 252 valence electrons. The molecule has 0 bridgehead atoms. The van der Waals surface area contributed by atoms with Crippen LogP contribution >= 0.6 is 0 Å². The van der Waals surface area contributed by atoms with Gasteiger partial charge in [0.25, 0.3) is 5.69 Å². The van der Waals surface area contributed by atoms with Crippen LogP contribution in [0.15, 0.2) is 54.6 Å². The summed E-state index contributed by atoms with van der Waals surface area (Å²) in [5.74, 6) is -2.16. The number of fused-ring (bicyclic) bond motifs is 3. The predicted molar refractivity (Wildman–Crippen MR) is 188 cm³/mol. The van der Waals surface area contributed by atoms with Gasteiger partial charge in [0.1, 0.15) is 12.1 Å². The van der Waals surface area contributed by atoms with Crippen LogP contribution in [0.4, 0.5) is 22.7 Å². The summed E-state index contributed by atoms with van der Waals surface area (Å²) < 4.78 is 0. The van der Waals surface area contributed by atoms with Gasteiger partial charge < -0.3 is 53.8 Å². The number of non-ortho nitro benzene ring substituents is 1. The number of anilines is 3. The molecule has 6 rings (SSSR count). The number of aromatic nitrogens is 3. The van der Waals surface area contributed by atoms with E-state index in [0.29, 0.717) is 40.0 Å². The first-order valence-corrected chi connectivity index (χ1v) is 14.8. The highest BCUT2D eigenvalue weighted by atomic mass is 16.6. The van der Waals surface area contributed by atoms with Gasteiger partial charge in [-0.15, -0.1) is 0 Å². The van der Waals surface area contributed by atoms with Gasteiger partial charge in [-0.25, -0.2) is 0 Å². The van der Waals surface area contributed by atoms with E-state index in [2.05, 4.69) is 27.1 Å². The number of nitrogens with two attached hydrogens (primary N) is 5. The molecule has 0 saturated carbocycles. The maximum atomic E-state index is 11.1. The number of nitrogens with zero attached hydrogens (tertiary/aromatic N) is 1. The lowest BCUT2D eigenvalue weighted by Crippen LogP contribution is -2.32. The number of carboxylic acids is 2. The van der Waals surface area contributed by atoms with E-state index in [-0.39, 0.29) is 12.1 Å². The number of carboxylic acid groups (broad SMARTS) is 2. The Hall–Kier alpha value is -6.06. The molecule has 3 aromatic carbocycles. The van der Waals surface area contributed by atoms with Crippen molar-refractivity contribution in [3.63, 3.8) is 0 Å². The van der Waals surface area contributed by atoms with Gasteiger partial charge in [0.05, 0.1) is 43.9 Å². The highest BCUT2D eigenvalue weighted by Gasteiger charge is 2.24. The zero-order valence-corrected chi connectivity index (χ0v) is 26.6. The number of nitro groups is 1. The minimum atomic E-state index is -1.16. The first-order chi connectivity index (χ1) is 22.6. The molecular weight excluding hydrogens is 618 g/mol. The molecular formula is C33H39N9O6. The van der Waals surface area contributed by atoms with Crippen LogP contribution in [0.5, 0.6) is 0 Å². The van der Waals surface area contributed by atoms with Gasteiger partial charge >= 0.3 is 11.9 Å². The Balaban J connectivity index is 0.000000169. The Morgan fingerprint density at radius 2 is 1.27 bits per heavy atom. The quantitative estimate of drug-likeness (QED) is 0.0664. The van der Waals surface area contributed by atoms with Crippen LogP contribution in [0, 0.1) is 30.9 Å². The van der Waals surface area contributed by atoms with Crippen molar-refractivity contribution in [3.05, 3.63) is 92.9 Å². The normalized spacial score (nSPS) is 12.2. The Morgan fingerprint density at radius 3 is 1.85 bits per heavy atom. The van der Waals surface area contributed by atoms with E-state index in [1.807, 2.05) is 38.1 Å². The summed E-state index contributed by atoms with van der Waals surface area (Å²) in [4.78, 5) is 41.6. The van der Waals surface area contributed by atoms with Crippen LogP contribution in [0.1, 0.15) is 28.2 Å². The molecule has 2 unspecified atom stereocenters. The zero-order valence-electron chi connectivity index (χ0n) is 26.6. The number of hydrogen-bond acceptors (Lipinski definition) is 9. The Morgan fingerprint density at radius 1 is 0.750 bits per heavy atom. The monoisotopic (exact) mass is 657 g/mol. The number of aryl methyl sites for hydroxylation is 3. The number of carbonyl (C=O) groups is 2. The molecule has 48 heavy (non-hydrogen) atoms. The third kappa shape index (κ3) is 7.32. The van der Waals surface area contributed by atoms with E-state index in [0.717, 1.165) is 39.1 Å². The average molecular weight is 658 g/mol. The largest absolute Gasteiger partial charge is 0.480 e. The molecule has 15 N–H and O–H groups in total. The average Bonchev–Trinajstić information content (AvgIpc) is 3.67. The standard InChI is InChI=1S/C12H14N4O4.C12H15N3O2.C9H10N2/c1-5-6(4-8(14)12(17)18)10-9(16(19)20)3-2-7(13)11(10)15-5;1-6-8(5-10(14)12(16)17)7-3-2-4-9(13)11(7)15-6;1-6-5-7-3-2-4-8(10)9(7)11-6/h2-3,8,15H,4,13-14H2,1H3,(H,17,18);2-4,10,15H,5,13-14H2,1H3,(H,16,17);2-5,11H,10H2,1H3. The number of aliphatic carboxylic acids is 2. The summed E-state index contributed by atoms with van der Waals surface area (Å²) in [6.07, 6.45) is 0.288. The van der Waals surface area contributed by atoms with Gasteiger partial charge in [0.15, 0.2) is 0 Å². The minimum absolute atomic E-state index is 0.00847. The first kappa shape index (κ1) is 34.8. The first-order valence-electron chi connectivity index (χ1n) is 14.8. The van der Waals surface area contributed by atoms with Gasteiger partial charge in [-0.2, -0.15) is 0 Å². The Bertz CT molecular complexity index is 2150. The lowest BCUT2D eigenvalue weighted by atomic mass is 10.0. The van der Waals surface area contributed by atoms with Gasteiger partial charge in [-0.1, -0.05) is 24.3 Å². The minimum Gasteiger partial charge on any atom is -0.480 e. The fourth-order valence-electron chi connectivity index (χ4n) is 5.53. The van der Waals surface area contributed by atoms with Crippen molar-refractivity contribution in [1.82, 2.24) is 15.0 Å². The Kier molecular flexibility index (Phi) is 10.3. The molecule has 0 fully saturated rings. The third-order valence-corrected chi connectivity index (χ3v) is 7.97. The molecule has 0 aliphatic heterocycles. The van der Waals surface area contributed by atoms with Gasteiger partial charge in [0, 0.05) is 46.8 Å². The molecule has 15 heteroatoms. The van der Waals surface area contributed by atoms with E-state index >= 15 is 0 Å².